The fraction of sp³-hybridized carbons (Fsp3) is 0.467. The lowest BCUT2D eigenvalue weighted by Crippen LogP contribution is -2.46. The molecule has 2 saturated heterocycles. The molecule has 0 aliphatic carbocycles. The highest BCUT2D eigenvalue weighted by molar-refractivity contribution is 6.02. The summed E-state index contributed by atoms with van der Waals surface area (Å²) in [7, 11) is 0. The molecule has 2 aliphatic rings. The fourth-order valence-corrected chi connectivity index (χ4v) is 5.49. The van der Waals surface area contributed by atoms with Crippen LogP contribution in [0.2, 0.25) is 0 Å². The van der Waals surface area contributed by atoms with Gasteiger partial charge in [0.05, 0.1) is 22.8 Å². The molecular weight excluding hydrogens is 494 g/mol. The van der Waals surface area contributed by atoms with Crippen LogP contribution in [0.25, 0.3) is 22.2 Å². The number of nitrogens with one attached hydrogen (secondary N) is 1. The summed E-state index contributed by atoms with van der Waals surface area (Å²) in [6, 6.07) is 16.2. The molecule has 2 aromatic carbocycles. The van der Waals surface area contributed by atoms with Gasteiger partial charge in [-0.15, -0.1) is 5.06 Å². The zero-order chi connectivity index (χ0) is 27.6. The highest BCUT2D eigenvalue weighted by atomic mass is 16.7. The van der Waals surface area contributed by atoms with Gasteiger partial charge in [-0.2, -0.15) is 5.10 Å². The van der Waals surface area contributed by atoms with E-state index < -0.39 is 5.41 Å². The van der Waals surface area contributed by atoms with Crippen molar-refractivity contribution in [1.82, 2.24) is 19.7 Å². The molecule has 0 saturated carbocycles. The summed E-state index contributed by atoms with van der Waals surface area (Å²) in [6.45, 7) is 8.01. The number of aromatic nitrogens is 2. The van der Waals surface area contributed by atoms with Crippen LogP contribution in [-0.4, -0.2) is 64.2 Å². The van der Waals surface area contributed by atoms with E-state index >= 15 is 0 Å². The molecule has 1 N–H and O–H groups in total. The summed E-state index contributed by atoms with van der Waals surface area (Å²) in [6.07, 6.45) is 3.66. The summed E-state index contributed by atoms with van der Waals surface area (Å²) in [5.41, 5.74) is 3.00. The van der Waals surface area contributed by atoms with Gasteiger partial charge in [0.15, 0.2) is 0 Å². The smallest absolute Gasteiger partial charge is 0.330 e. The van der Waals surface area contributed by atoms with E-state index in [1.807, 2.05) is 62.1 Å². The summed E-state index contributed by atoms with van der Waals surface area (Å²) >= 11 is 0. The van der Waals surface area contributed by atoms with Crippen molar-refractivity contribution in [2.75, 3.05) is 31.5 Å². The van der Waals surface area contributed by atoms with Crippen LogP contribution in [0.3, 0.4) is 0 Å². The highest BCUT2D eigenvalue weighted by Gasteiger charge is 2.34. The lowest BCUT2D eigenvalue weighted by molar-refractivity contribution is -0.206. The van der Waals surface area contributed by atoms with Crippen LogP contribution >= 0.6 is 0 Å². The Hall–Kier alpha value is -3.72. The normalized spacial score (nSPS) is 17.8. The van der Waals surface area contributed by atoms with E-state index in [0.717, 1.165) is 35.0 Å². The monoisotopic (exact) mass is 531 g/mol. The van der Waals surface area contributed by atoms with Crippen molar-refractivity contribution in [3.05, 3.63) is 48.5 Å². The number of hydrogen-bond acceptors (Lipinski definition) is 6. The molecule has 0 bridgehead atoms. The van der Waals surface area contributed by atoms with Crippen molar-refractivity contribution in [2.24, 2.45) is 11.3 Å². The predicted octanol–water partition coefficient (Wildman–Crippen LogP) is 4.65. The second-order valence-electron chi connectivity index (χ2n) is 11.5. The van der Waals surface area contributed by atoms with Crippen molar-refractivity contribution in [1.29, 1.82) is 0 Å². The Morgan fingerprint density at radius 2 is 1.64 bits per heavy atom. The Bertz CT molecular complexity index is 1330. The average Bonchev–Trinajstić information content (AvgIpc) is 3.34. The molecule has 2 fully saturated rings. The zero-order valence-electron chi connectivity index (χ0n) is 22.9. The number of carbonyl (C=O) groups is 3. The number of carbonyl (C=O) groups excluding carboxylic acids is 3. The number of piperidine rings is 2. The molecule has 0 unspecified atom stereocenters. The maximum absolute atomic E-state index is 13.4. The topological polar surface area (TPSA) is 96.8 Å². The summed E-state index contributed by atoms with van der Waals surface area (Å²) in [5, 5.41) is 10.5. The molecule has 0 spiro atoms. The van der Waals surface area contributed by atoms with Crippen LogP contribution in [0.4, 0.5) is 5.69 Å². The van der Waals surface area contributed by atoms with Crippen molar-refractivity contribution < 1.29 is 19.2 Å². The minimum atomic E-state index is -0.551. The van der Waals surface area contributed by atoms with Crippen LogP contribution in [0, 0.1) is 11.3 Å². The van der Waals surface area contributed by atoms with Gasteiger partial charge >= 0.3 is 5.97 Å². The molecule has 0 atom stereocenters. The van der Waals surface area contributed by atoms with E-state index in [1.165, 1.54) is 0 Å². The van der Waals surface area contributed by atoms with Gasteiger partial charge in [0.1, 0.15) is 5.52 Å². The molecule has 0 radical (unpaired) electrons. The quantitative estimate of drug-likeness (QED) is 0.465. The zero-order valence-corrected chi connectivity index (χ0v) is 22.9. The van der Waals surface area contributed by atoms with E-state index in [9.17, 15) is 14.4 Å². The van der Waals surface area contributed by atoms with E-state index in [0.29, 0.717) is 51.1 Å². The minimum Gasteiger partial charge on any atom is -0.367 e. The van der Waals surface area contributed by atoms with Gasteiger partial charge in [-0.3, -0.25) is 14.3 Å². The molecule has 39 heavy (non-hydrogen) atoms. The molecule has 3 heterocycles. The van der Waals surface area contributed by atoms with Crippen molar-refractivity contribution in [2.45, 2.75) is 52.5 Å². The van der Waals surface area contributed by atoms with Gasteiger partial charge in [0, 0.05) is 43.0 Å². The van der Waals surface area contributed by atoms with Crippen molar-refractivity contribution in [3.63, 3.8) is 0 Å². The van der Waals surface area contributed by atoms with E-state index in [4.69, 9.17) is 9.94 Å². The van der Waals surface area contributed by atoms with Gasteiger partial charge in [-0.25, -0.2) is 4.79 Å². The molecule has 9 heteroatoms. The van der Waals surface area contributed by atoms with Crippen LogP contribution in [-0.2, 0) is 19.2 Å². The third-order valence-corrected chi connectivity index (χ3v) is 7.74. The first kappa shape index (κ1) is 26.9. The van der Waals surface area contributed by atoms with Gasteiger partial charge in [0.25, 0.3) is 0 Å². The van der Waals surface area contributed by atoms with Gasteiger partial charge in [0.2, 0.25) is 12.3 Å². The first-order chi connectivity index (χ1) is 18.8. The van der Waals surface area contributed by atoms with Crippen LogP contribution in [0.5, 0.6) is 0 Å². The molecule has 2 aliphatic heterocycles. The standard InChI is InChI=1S/C30H37N5O4/c1-30(2,3)29(38)39-34-18-12-22(13-19-34)28(37)33-16-14-23(15-17-33)35-27(21-8-5-4-6-9-21)24-10-7-11-25(31-20-36)26(24)32-35/h4-11,20,22-23H,12-19H2,1-3H3,(H,31,36). The summed E-state index contributed by atoms with van der Waals surface area (Å²) < 4.78 is 2.10. The molecule has 1 aromatic heterocycles. The van der Waals surface area contributed by atoms with Gasteiger partial charge < -0.3 is 15.1 Å². The average molecular weight is 532 g/mol. The number of fused-ring (bicyclic) bond motifs is 1. The van der Waals surface area contributed by atoms with Crippen LogP contribution < -0.4 is 5.32 Å². The molecule has 206 valence electrons. The predicted molar refractivity (Wildman–Crippen MR) is 150 cm³/mol. The SMILES string of the molecule is CC(C)(C)C(=O)ON1CCC(C(=O)N2CCC(n3nc4c(NC=O)cccc4c3-c3ccccc3)CC2)CC1. The van der Waals surface area contributed by atoms with Gasteiger partial charge in [-0.05, 0) is 52.5 Å². The number of anilines is 1. The highest BCUT2D eigenvalue weighted by Crippen LogP contribution is 2.37. The Labute approximate surface area is 229 Å². The minimum absolute atomic E-state index is 0.0460. The molecule has 9 nitrogen and oxygen atoms in total. The summed E-state index contributed by atoms with van der Waals surface area (Å²) in [5.74, 6) is -0.0959. The Morgan fingerprint density at radius 1 is 0.949 bits per heavy atom. The Morgan fingerprint density at radius 3 is 2.28 bits per heavy atom. The number of hydrogen-bond donors (Lipinski definition) is 1. The maximum Gasteiger partial charge on any atom is 0.330 e. The summed E-state index contributed by atoms with van der Waals surface area (Å²) in [4.78, 5) is 44.3. The van der Waals surface area contributed by atoms with Gasteiger partial charge in [-0.1, -0.05) is 42.5 Å². The molecule has 5 rings (SSSR count). The number of nitrogens with zero attached hydrogens (tertiary/aromatic N) is 4. The molecular formula is C30H37N5O4. The molecule has 3 aromatic rings. The second-order valence-corrected chi connectivity index (χ2v) is 11.5. The second kappa shape index (κ2) is 11.2. The number of hydroxylamine groups is 2. The number of rotatable bonds is 6. The van der Waals surface area contributed by atoms with Crippen molar-refractivity contribution >= 4 is 34.9 Å². The van der Waals surface area contributed by atoms with Crippen LogP contribution in [0.15, 0.2) is 48.5 Å². The maximum atomic E-state index is 13.4. The number of amides is 2. The Kier molecular flexibility index (Phi) is 7.70. The number of likely N-dealkylation sites (tertiary alicyclic amines) is 1. The van der Waals surface area contributed by atoms with E-state index in [-0.39, 0.29) is 23.8 Å². The molecule has 2 amide bonds. The third-order valence-electron chi connectivity index (χ3n) is 7.74. The lowest BCUT2D eigenvalue weighted by Gasteiger charge is -2.37. The first-order valence-corrected chi connectivity index (χ1v) is 13.8. The lowest BCUT2D eigenvalue weighted by atomic mass is 9.94. The van der Waals surface area contributed by atoms with E-state index in [2.05, 4.69) is 22.1 Å². The third kappa shape index (κ3) is 5.68. The fourth-order valence-electron chi connectivity index (χ4n) is 5.49. The largest absolute Gasteiger partial charge is 0.367 e. The van der Waals surface area contributed by atoms with E-state index in [1.54, 1.807) is 5.06 Å². The van der Waals surface area contributed by atoms with Crippen LogP contribution in [0.1, 0.15) is 52.5 Å². The van der Waals surface area contributed by atoms with Crippen molar-refractivity contribution in [3.8, 4) is 11.3 Å². The Balaban J connectivity index is 1.27. The number of benzene rings is 2. The first-order valence-electron chi connectivity index (χ1n) is 13.8.